The fraction of sp³-hybridized carbons (Fsp3) is 0.556. The number of amides is 4. The highest BCUT2D eigenvalue weighted by Gasteiger charge is 2.29. The van der Waals surface area contributed by atoms with Gasteiger partial charge in [-0.1, -0.05) is 30.8 Å². The maximum atomic E-state index is 12.5. The van der Waals surface area contributed by atoms with E-state index in [0.29, 0.717) is 16.4 Å². The van der Waals surface area contributed by atoms with Crippen LogP contribution in [0.1, 0.15) is 53.9 Å². The lowest BCUT2D eigenvalue weighted by Crippen LogP contribution is -2.52. The maximum absolute atomic E-state index is 12.5. The molecular weight excluding hydrogens is 370 g/mol. The van der Waals surface area contributed by atoms with Crippen LogP contribution in [0.4, 0.5) is 4.79 Å². The summed E-state index contributed by atoms with van der Waals surface area (Å²) >= 11 is 1.07. The summed E-state index contributed by atoms with van der Waals surface area (Å²) in [5.41, 5.74) is -0.640. The van der Waals surface area contributed by atoms with E-state index in [0.717, 1.165) is 11.8 Å². The van der Waals surface area contributed by atoms with Crippen molar-refractivity contribution < 1.29 is 23.9 Å². The summed E-state index contributed by atoms with van der Waals surface area (Å²) in [5.74, 6) is -1.32. The van der Waals surface area contributed by atoms with Crippen LogP contribution < -0.4 is 16.0 Å². The zero-order valence-electron chi connectivity index (χ0n) is 16.3. The van der Waals surface area contributed by atoms with Crippen LogP contribution in [0.5, 0.6) is 0 Å². The van der Waals surface area contributed by atoms with E-state index >= 15 is 0 Å². The molecule has 1 fully saturated rings. The number of thioether (sulfide) groups is 1. The molecule has 0 radical (unpaired) electrons. The van der Waals surface area contributed by atoms with Crippen LogP contribution in [-0.4, -0.2) is 35.5 Å². The first-order valence-corrected chi connectivity index (χ1v) is 9.56. The van der Waals surface area contributed by atoms with Crippen molar-refractivity contribution in [2.45, 2.75) is 65.5 Å². The van der Waals surface area contributed by atoms with Crippen LogP contribution in [-0.2, 0) is 19.1 Å². The molecule has 27 heavy (non-hydrogen) atoms. The molecule has 0 aromatic carbocycles. The molecule has 0 aromatic heterocycles. The van der Waals surface area contributed by atoms with Crippen LogP contribution in [0.15, 0.2) is 22.1 Å². The summed E-state index contributed by atoms with van der Waals surface area (Å²) in [7, 11) is 0. The minimum atomic E-state index is -0.761. The Bertz CT molecular complexity index is 664. The lowest BCUT2D eigenvalue weighted by Gasteiger charge is -2.23. The van der Waals surface area contributed by atoms with Gasteiger partial charge in [0.1, 0.15) is 11.6 Å². The van der Waals surface area contributed by atoms with Crippen molar-refractivity contribution in [1.29, 1.82) is 0 Å². The maximum Gasteiger partial charge on any atom is 0.412 e. The van der Waals surface area contributed by atoms with E-state index in [4.69, 9.17) is 4.74 Å². The van der Waals surface area contributed by atoms with E-state index in [-0.39, 0.29) is 18.7 Å². The number of hydrogen-bond acceptors (Lipinski definition) is 6. The molecule has 9 heteroatoms. The number of nitrogens with one attached hydrogen (secondary N) is 3. The number of allylic oxidation sites excluding steroid dienone is 2. The molecular formula is C18H27N3O5S. The number of imide groups is 1. The molecule has 4 amide bonds. The van der Waals surface area contributed by atoms with E-state index in [9.17, 15) is 19.2 Å². The van der Waals surface area contributed by atoms with Gasteiger partial charge in [0.15, 0.2) is 0 Å². The largest absolute Gasteiger partial charge is 0.444 e. The van der Waals surface area contributed by atoms with Crippen molar-refractivity contribution in [3.63, 3.8) is 0 Å². The Balaban J connectivity index is 2.74. The molecule has 1 aliphatic rings. The van der Waals surface area contributed by atoms with Gasteiger partial charge in [0.25, 0.3) is 5.91 Å². The number of piperidine rings is 1. The normalized spacial score (nSPS) is 18.6. The molecule has 0 aromatic rings. The van der Waals surface area contributed by atoms with Crippen LogP contribution in [0.3, 0.4) is 0 Å². The molecule has 0 bridgehead atoms. The Hall–Kier alpha value is -2.29. The number of ether oxygens (including phenoxy) is 1. The Morgan fingerprint density at radius 2 is 2.00 bits per heavy atom. The number of alkyl carbamates (subject to hydrolysis) is 1. The first-order valence-electron chi connectivity index (χ1n) is 8.74. The van der Waals surface area contributed by atoms with Crippen molar-refractivity contribution in [3.05, 3.63) is 22.1 Å². The van der Waals surface area contributed by atoms with Crippen molar-refractivity contribution in [3.8, 4) is 0 Å². The second-order valence-electron chi connectivity index (χ2n) is 6.84. The minimum absolute atomic E-state index is 0.177. The zero-order chi connectivity index (χ0) is 20.6. The Kier molecular flexibility index (Phi) is 8.55. The van der Waals surface area contributed by atoms with E-state index in [1.807, 2.05) is 6.92 Å². The molecule has 1 rings (SSSR count). The van der Waals surface area contributed by atoms with Crippen LogP contribution >= 0.6 is 11.8 Å². The van der Waals surface area contributed by atoms with Gasteiger partial charge in [-0.25, -0.2) is 4.79 Å². The molecule has 8 nitrogen and oxygen atoms in total. The molecule has 0 spiro atoms. The SMILES string of the molecule is C/C=C(\S/C(=C/CC)NC(=O)OC(C)(C)C)C(=O)NC1CCC(=O)NC1=O. The van der Waals surface area contributed by atoms with Gasteiger partial charge >= 0.3 is 6.09 Å². The monoisotopic (exact) mass is 397 g/mol. The highest BCUT2D eigenvalue weighted by Crippen LogP contribution is 2.25. The lowest BCUT2D eigenvalue weighted by atomic mass is 10.1. The second-order valence-corrected chi connectivity index (χ2v) is 7.92. The average Bonchev–Trinajstić information content (AvgIpc) is 2.53. The highest BCUT2D eigenvalue weighted by atomic mass is 32.2. The predicted octanol–water partition coefficient (Wildman–Crippen LogP) is 2.32. The van der Waals surface area contributed by atoms with Crippen LogP contribution in [0, 0.1) is 0 Å². The van der Waals surface area contributed by atoms with Gasteiger partial charge in [-0.3, -0.25) is 25.0 Å². The third kappa shape index (κ3) is 8.29. The fourth-order valence-electron chi connectivity index (χ4n) is 2.12. The second kappa shape index (κ2) is 10.1. The van der Waals surface area contributed by atoms with Gasteiger partial charge in [-0.15, -0.1) is 0 Å². The van der Waals surface area contributed by atoms with E-state index < -0.39 is 29.6 Å². The summed E-state index contributed by atoms with van der Waals surface area (Å²) < 4.78 is 5.23. The fourth-order valence-corrected chi connectivity index (χ4v) is 3.01. The van der Waals surface area contributed by atoms with Gasteiger partial charge in [0.05, 0.1) is 9.93 Å². The Morgan fingerprint density at radius 1 is 1.33 bits per heavy atom. The molecule has 1 heterocycles. The molecule has 0 aliphatic carbocycles. The van der Waals surface area contributed by atoms with Crippen molar-refractivity contribution in [1.82, 2.24) is 16.0 Å². The molecule has 1 atom stereocenters. The van der Waals surface area contributed by atoms with Gasteiger partial charge < -0.3 is 10.1 Å². The molecule has 1 unspecified atom stereocenters. The molecule has 1 saturated heterocycles. The zero-order valence-corrected chi connectivity index (χ0v) is 17.1. The standard InChI is InChI=1S/C18H27N3O5S/c1-6-8-14(21-17(25)26-18(3,4)5)27-12(7-2)16(24)19-11-9-10-13(22)20-15(11)23/h7-8,11H,6,9-10H2,1-5H3,(H,19,24)(H,21,25)(H,20,22,23)/b12-7-,14-8+. The van der Waals surface area contributed by atoms with Crippen LogP contribution in [0.25, 0.3) is 0 Å². The molecule has 150 valence electrons. The first kappa shape index (κ1) is 22.8. The van der Waals surface area contributed by atoms with Crippen molar-refractivity contribution in [2.75, 3.05) is 0 Å². The topological polar surface area (TPSA) is 114 Å². The number of hydrogen-bond donors (Lipinski definition) is 3. The van der Waals surface area contributed by atoms with E-state index in [1.54, 1.807) is 39.8 Å². The minimum Gasteiger partial charge on any atom is -0.444 e. The third-order valence-corrected chi connectivity index (χ3v) is 4.39. The lowest BCUT2D eigenvalue weighted by molar-refractivity contribution is -0.136. The summed E-state index contributed by atoms with van der Waals surface area (Å²) in [4.78, 5) is 47.8. The smallest absolute Gasteiger partial charge is 0.412 e. The first-order chi connectivity index (χ1) is 12.6. The molecule has 1 aliphatic heterocycles. The quantitative estimate of drug-likeness (QED) is 0.468. The van der Waals surface area contributed by atoms with E-state index in [1.165, 1.54) is 0 Å². The average molecular weight is 397 g/mol. The highest BCUT2D eigenvalue weighted by molar-refractivity contribution is 8.07. The van der Waals surface area contributed by atoms with Gasteiger partial charge in [-0.2, -0.15) is 0 Å². The summed E-state index contributed by atoms with van der Waals surface area (Å²) in [6.45, 7) is 8.86. The summed E-state index contributed by atoms with van der Waals surface area (Å²) in [6.07, 6.45) is 3.81. The summed E-state index contributed by atoms with van der Waals surface area (Å²) in [5, 5.41) is 7.90. The number of carbonyl (C=O) groups excluding carboxylic acids is 4. The van der Waals surface area contributed by atoms with Crippen molar-refractivity contribution in [2.24, 2.45) is 0 Å². The van der Waals surface area contributed by atoms with E-state index in [2.05, 4.69) is 16.0 Å². The molecule has 3 N–H and O–H groups in total. The third-order valence-electron chi connectivity index (χ3n) is 3.26. The predicted molar refractivity (Wildman–Crippen MR) is 103 cm³/mol. The number of rotatable bonds is 6. The Labute approximate surface area is 163 Å². The van der Waals surface area contributed by atoms with Gasteiger partial charge in [0.2, 0.25) is 11.8 Å². The summed E-state index contributed by atoms with van der Waals surface area (Å²) in [6, 6.07) is -0.761. The van der Waals surface area contributed by atoms with Gasteiger partial charge in [0, 0.05) is 6.42 Å². The number of carbonyl (C=O) groups is 4. The van der Waals surface area contributed by atoms with Crippen molar-refractivity contribution >= 4 is 35.6 Å². The van der Waals surface area contributed by atoms with Crippen LogP contribution in [0.2, 0.25) is 0 Å². The molecule has 0 saturated carbocycles. The van der Waals surface area contributed by atoms with Gasteiger partial charge in [-0.05, 0) is 40.5 Å². The Morgan fingerprint density at radius 3 is 2.52 bits per heavy atom.